The molecule has 0 saturated heterocycles. The summed E-state index contributed by atoms with van der Waals surface area (Å²) >= 11 is 1.40. The number of carbonyl (C=O) groups is 2. The molecule has 0 aliphatic carbocycles. The molecule has 9 heteroatoms. The number of benzene rings is 2. The second kappa shape index (κ2) is 8.91. The maximum Gasteiger partial charge on any atom is 0.313 e. The lowest BCUT2D eigenvalue weighted by molar-refractivity contribution is -0.136. The Labute approximate surface area is 175 Å². The lowest BCUT2D eigenvalue weighted by atomic mass is 10.2. The molecule has 0 atom stereocenters. The highest BCUT2D eigenvalue weighted by molar-refractivity contribution is 7.13. The summed E-state index contributed by atoms with van der Waals surface area (Å²) in [6.07, 6.45) is 0.453. The van der Waals surface area contributed by atoms with Crippen molar-refractivity contribution in [1.82, 2.24) is 10.3 Å². The van der Waals surface area contributed by atoms with E-state index in [-0.39, 0.29) is 12.4 Å². The molecular formula is C21H18FN3O4S. The van der Waals surface area contributed by atoms with E-state index in [0.717, 1.165) is 5.69 Å². The molecule has 0 saturated carbocycles. The molecule has 2 aromatic carbocycles. The summed E-state index contributed by atoms with van der Waals surface area (Å²) in [6.45, 7) is 1.16. The second-order valence-corrected chi connectivity index (χ2v) is 7.33. The number of amides is 2. The van der Waals surface area contributed by atoms with Crippen molar-refractivity contribution in [3.05, 3.63) is 59.4 Å². The maximum absolute atomic E-state index is 13.3. The minimum absolute atomic E-state index is 0.250. The zero-order valence-corrected chi connectivity index (χ0v) is 16.6. The Kier molecular flexibility index (Phi) is 5.89. The molecule has 4 rings (SSSR count). The molecule has 2 amide bonds. The van der Waals surface area contributed by atoms with Gasteiger partial charge in [0.25, 0.3) is 0 Å². The van der Waals surface area contributed by atoms with E-state index in [9.17, 15) is 14.0 Å². The lowest BCUT2D eigenvalue weighted by Gasteiger charge is -2.18. The van der Waals surface area contributed by atoms with E-state index in [0.29, 0.717) is 47.4 Å². The van der Waals surface area contributed by atoms with Crippen LogP contribution in [0.15, 0.2) is 47.8 Å². The average Bonchev–Trinajstić information content (AvgIpc) is 3.22. The third-order valence-corrected chi connectivity index (χ3v) is 5.24. The van der Waals surface area contributed by atoms with Gasteiger partial charge in [0.1, 0.15) is 24.0 Å². The number of carbonyl (C=O) groups excluding carboxylic acids is 2. The van der Waals surface area contributed by atoms with Gasteiger partial charge in [-0.05, 0) is 24.3 Å². The molecule has 1 aromatic heterocycles. The number of aromatic nitrogens is 1. The molecule has 0 spiro atoms. The highest BCUT2D eigenvalue weighted by atomic mass is 32.1. The monoisotopic (exact) mass is 427 g/mol. The van der Waals surface area contributed by atoms with Crippen molar-refractivity contribution in [2.24, 2.45) is 0 Å². The number of anilines is 1. The summed E-state index contributed by atoms with van der Waals surface area (Å²) in [5, 5.41) is 7.66. The van der Waals surface area contributed by atoms with Crippen LogP contribution < -0.4 is 20.1 Å². The van der Waals surface area contributed by atoms with Crippen molar-refractivity contribution < 1.29 is 23.5 Å². The first-order chi connectivity index (χ1) is 14.6. The number of nitrogens with one attached hydrogen (secondary N) is 2. The number of hydrogen-bond donors (Lipinski definition) is 2. The van der Waals surface area contributed by atoms with Crippen LogP contribution >= 0.6 is 11.3 Å². The smallest absolute Gasteiger partial charge is 0.313 e. The van der Waals surface area contributed by atoms with Gasteiger partial charge in [-0.2, -0.15) is 0 Å². The summed E-state index contributed by atoms with van der Waals surface area (Å²) in [4.78, 5) is 28.6. The van der Waals surface area contributed by atoms with E-state index in [1.54, 1.807) is 30.3 Å². The Balaban J connectivity index is 1.27. The van der Waals surface area contributed by atoms with Gasteiger partial charge in [0.2, 0.25) is 0 Å². The van der Waals surface area contributed by atoms with Crippen LogP contribution in [0, 0.1) is 5.82 Å². The molecule has 154 valence electrons. The van der Waals surface area contributed by atoms with E-state index in [4.69, 9.17) is 9.47 Å². The van der Waals surface area contributed by atoms with Crippen molar-refractivity contribution in [3.8, 4) is 22.1 Å². The van der Waals surface area contributed by atoms with Gasteiger partial charge in [0.05, 0.1) is 5.69 Å². The number of nitrogens with zero attached hydrogens (tertiary/aromatic N) is 1. The zero-order valence-electron chi connectivity index (χ0n) is 15.8. The van der Waals surface area contributed by atoms with Gasteiger partial charge in [-0.1, -0.05) is 12.1 Å². The number of thiazole rings is 1. The Morgan fingerprint density at radius 1 is 1.07 bits per heavy atom. The van der Waals surface area contributed by atoms with Gasteiger partial charge in [-0.25, -0.2) is 9.37 Å². The summed E-state index contributed by atoms with van der Waals surface area (Å²) in [5.41, 5.74) is 1.90. The van der Waals surface area contributed by atoms with E-state index in [2.05, 4.69) is 15.6 Å². The third kappa shape index (κ3) is 4.74. The first kappa shape index (κ1) is 19.8. The molecule has 1 aliphatic heterocycles. The topological polar surface area (TPSA) is 89.6 Å². The number of halogens is 1. The summed E-state index contributed by atoms with van der Waals surface area (Å²) in [5.74, 6) is -0.710. The highest BCUT2D eigenvalue weighted by Crippen LogP contribution is 2.32. The highest BCUT2D eigenvalue weighted by Gasteiger charge is 2.16. The number of hydrogen-bond acceptors (Lipinski definition) is 6. The van der Waals surface area contributed by atoms with Crippen molar-refractivity contribution in [2.75, 3.05) is 25.1 Å². The largest absolute Gasteiger partial charge is 0.486 e. The Morgan fingerprint density at radius 3 is 2.73 bits per heavy atom. The molecule has 2 N–H and O–H groups in total. The molecule has 0 bridgehead atoms. The van der Waals surface area contributed by atoms with E-state index in [1.165, 1.54) is 23.5 Å². The van der Waals surface area contributed by atoms with E-state index < -0.39 is 11.8 Å². The van der Waals surface area contributed by atoms with Crippen LogP contribution in [-0.4, -0.2) is 36.6 Å². The van der Waals surface area contributed by atoms with Gasteiger partial charge in [-0.3, -0.25) is 9.59 Å². The molecule has 1 aliphatic rings. The molecule has 0 fully saturated rings. The van der Waals surface area contributed by atoms with Gasteiger partial charge in [0.15, 0.2) is 11.5 Å². The number of rotatable bonds is 5. The Bertz CT molecular complexity index is 1090. The van der Waals surface area contributed by atoms with Crippen LogP contribution in [0.1, 0.15) is 5.69 Å². The van der Waals surface area contributed by atoms with Gasteiger partial charge < -0.3 is 20.1 Å². The average molecular weight is 427 g/mol. The molecule has 3 aromatic rings. The quantitative estimate of drug-likeness (QED) is 0.611. The molecule has 30 heavy (non-hydrogen) atoms. The minimum Gasteiger partial charge on any atom is -0.486 e. The van der Waals surface area contributed by atoms with Crippen LogP contribution in [0.5, 0.6) is 11.5 Å². The van der Waals surface area contributed by atoms with Gasteiger partial charge in [0, 0.05) is 35.7 Å². The van der Waals surface area contributed by atoms with Crippen LogP contribution in [0.3, 0.4) is 0 Å². The summed E-state index contributed by atoms with van der Waals surface area (Å²) in [6, 6.07) is 11.2. The fourth-order valence-corrected chi connectivity index (χ4v) is 3.72. The Morgan fingerprint density at radius 2 is 1.90 bits per heavy atom. The fourth-order valence-electron chi connectivity index (χ4n) is 2.87. The third-order valence-electron chi connectivity index (χ3n) is 4.30. The SMILES string of the molecule is O=C(NCCc1csc(-c2cccc(F)c2)n1)C(=O)Nc1ccc2c(c1)OCCO2. The normalized spacial score (nSPS) is 12.3. The number of ether oxygens (including phenoxy) is 2. The Hall–Kier alpha value is -3.46. The molecule has 0 unspecified atom stereocenters. The van der Waals surface area contributed by atoms with Crippen LogP contribution in [-0.2, 0) is 16.0 Å². The molecule has 0 radical (unpaired) electrons. The van der Waals surface area contributed by atoms with Crippen LogP contribution in [0.4, 0.5) is 10.1 Å². The second-order valence-electron chi connectivity index (χ2n) is 6.47. The number of fused-ring (bicyclic) bond motifs is 1. The van der Waals surface area contributed by atoms with Gasteiger partial charge >= 0.3 is 11.8 Å². The predicted octanol–water partition coefficient (Wildman–Crippen LogP) is 3.02. The van der Waals surface area contributed by atoms with Gasteiger partial charge in [-0.15, -0.1) is 11.3 Å². The molecular weight excluding hydrogens is 409 g/mol. The van der Waals surface area contributed by atoms with Crippen molar-refractivity contribution >= 4 is 28.8 Å². The summed E-state index contributed by atoms with van der Waals surface area (Å²) < 4.78 is 24.2. The minimum atomic E-state index is -0.773. The molecule has 7 nitrogen and oxygen atoms in total. The lowest BCUT2D eigenvalue weighted by Crippen LogP contribution is -2.36. The van der Waals surface area contributed by atoms with Crippen molar-refractivity contribution in [2.45, 2.75) is 6.42 Å². The predicted molar refractivity (Wildman–Crippen MR) is 110 cm³/mol. The van der Waals surface area contributed by atoms with Crippen LogP contribution in [0.2, 0.25) is 0 Å². The summed E-state index contributed by atoms with van der Waals surface area (Å²) in [7, 11) is 0. The van der Waals surface area contributed by atoms with E-state index >= 15 is 0 Å². The molecule has 2 heterocycles. The first-order valence-corrected chi connectivity index (χ1v) is 10.2. The standard InChI is InChI=1S/C21H18FN3O4S/c22-14-3-1-2-13(10-14)21-25-16(12-30-21)6-7-23-19(26)20(27)24-15-4-5-17-18(11-15)29-9-8-28-17/h1-5,10-12H,6-9H2,(H,23,26)(H,24,27). The maximum atomic E-state index is 13.3. The fraction of sp³-hybridized carbons (Fsp3) is 0.190. The van der Waals surface area contributed by atoms with Crippen molar-refractivity contribution in [3.63, 3.8) is 0 Å². The van der Waals surface area contributed by atoms with Crippen molar-refractivity contribution in [1.29, 1.82) is 0 Å². The van der Waals surface area contributed by atoms with E-state index in [1.807, 2.05) is 5.38 Å². The van der Waals surface area contributed by atoms with Crippen LogP contribution in [0.25, 0.3) is 10.6 Å². The first-order valence-electron chi connectivity index (χ1n) is 9.28. The zero-order chi connectivity index (χ0) is 20.9.